The Bertz CT molecular complexity index is 1250. The summed E-state index contributed by atoms with van der Waals surface area (Å²) in [7, 11) is 0. The number of anilines is 1. The fraction of sp³-hybridized carbons (Fsp3) is 0.267. The van der Waals surface area contributed by atoms with Crippen LogP contribution in [0.1, 0.15) is 67.6 Å². The minimum absolute atomic E-state index is 0.0895. The smallest absolute Gasteiger partial charge is 0.328 e. The molecular formula is C30H31NO3. The van der Waals surface area contributed by atoms with Crippen molar-refractivity contribution in [2.75, 3.05) is 5.32 Å². The molecule has 0 saturated heterocycles. The van der Waals surface area contributed by atoms with E-state index in [1.165, 1.54) is 11.1 Å². The van der Waals surface area contributed by atoms with E-state index >= 15 is 0 Å². The molecule has 0 bridgehead atoms. The fourth-order valence-electron chi connectivity index (χ4n) is 4.64. The first-order valence-corrected chi connectivity index (χ1v) is 11.6. The van der Waals surface area contributed by atoms with Gasteiger partial charge in [0.15, 0.2) is 0 Å². The van der Waals surface area contributed by atoms with Crippen molar-refractivity contribution in [1.82, 2.24) is 0 Å². The third-order valence-electron chi connectivity index (χ3n) is 6.92. The van der Waals surface area contributed by atoms with Gasteiger partial charge in [-0.05, 0) is 81.8 Å². The second-order valence-corrected chi connectivity index (χ2v) is 10.4. The summed E-state index contributed by atoms with van der Waals surface area (Å²) in [5, 5.41) is 11.8. The summed E-state index contributed by atoms with van der Waals surface area (Å²) in [5.41, 5.74) is 7.15. The van der Waals surface area contributed by atoms with Crippen LogP contribution >= 0.6 is 0 Å². The van der Waals surface area contributed by atoms with Crippen LogP contribution in [0.5, 0.6) is 0 Å². The Kier molecular flexibility index (Phi) is 6.18. The highest BCUT2D eigenvalue weighted by Crippen LogP contribution is 2.46. The van der Waals surface area contributed by atoms with Gasteiger partial charge in [0.1, 0.15) is 0 Å². The second kappa shape index (κ2) is 8.94. The molecule has 1 aliphatic rings. The average Bonchev–Trinajstić information content (AvgIpc) is 2.81. The highest BCUT2D eigenvalue weighted by molar-refractivity contribution is 6.04. The zero-order valence-corrected chi connectivity index (χ0v) is 20.2. The zero-order chi connectivity index (χ0) is 24.5. The van der Waals surface area contributed by atoms with Gasteiger partial charge in [0.25, 0.3) is 5.91 Å². The molecule has 0 heterocycles. The summed E-state index contributed by atoms with van der Waals surface area (Å²) in [5.74, 6) is -1.10. The Morgan fingerprint density at radius 3 is 1.94 bits per heavy atom. The fourth-order valence-corrected chi connectivity index (χ4v) is 4.64. The molecule has 0 spiro atoms. The van der Waals surface area contributed by atoms with Crippen molar-refractivity contribution in [3.8, 4) is 11.1 Å². The predicted octanol–water partition coefficient (Wildman–Crippen LogP) is 7.05. The molecule has 0 unspecified atom stereocenters. The largest absolute Gasteiger partial charge is 0.478 e. The van der Waals surface area contributed by atoms with Crippen molar-refractivity contribution in [2.45, 2.75) is 51.4 Å². The van der Waals surface area contributed by atoms with Crippen LogP contribution in [-0.2, 0) is 15.6 Å². The molecule has 0 radical (unpaired) electrons. The molecule has 2 N–H and O–H groups in total. The maximum absolute atomic E-state index is 12.9. The molecule has 0 aliphatic heterocycles. The predicted molar refractivity (Wildman–Crippen MR) is 138 cm³/mol. The molecule has 4 heteroatoms. The number of hydrogen-bond donors (Lipinski definition) is 2. The third-order valence-corrected chi connectivity index (χ3v) is 6.92. The Morgan fingerprint density at radius 1 is 0.794 bits per heavy atom. The number of carboxylic acid groups (broad SMARTS) is 1. The van der Waals surface area contributed by atoms with Crippen molar-refractivity contribution in [3.63, 3.8) is 0 Å². The van der Waals surface area contributed by atoms with Crippen LogP contribution in [0, 0.1) is 0 Å². The molecule has 4 nitrogen and oxygen atoms in total. The van der Waals surface area contributed by atoms with Gasteiger partial charge in [0.2, 0.25) is 0 Å². The summed E-state index contributed by atoms with van der Waals surface area (Å²) in [4.78, 5) is 23.6. The molecule has 3 aromatic carbocycles. The number of carboxylic acids is 1. The SMILES string of the molecule is CC1(C)CCC(C)(C)c2cc(NC(=O)c3ccc(-c4ccc(C=CC(=O)O)cc4)cc3)ccc21. The number of aliphatic carboxylic acids is 1. The van der Waals surface area contributed by atoms with Gasteiger partial charge in [-0.1, -0.05) is 70.2 Å². The van der Waals surface area contributed by atoms with E-state index in [1.54, 1.807) is 6.08 Å². The van der Waals surface area contributed by atoms with Crippen LogP contribution in [0.25, 0.3) is 17.2 Å². The van der Waals surface area contributed by atoms with Gasteiger partial charge in [-0.25, -0.2) is 4.79 Å². The molecule has 4 rings (SSSR count). The van der Waals surface area contributed by atoms with Crippen LogP contribution in [0.3, 0.4) is 0 Å². The molecular weight excluding hydrogens is 422 g/mol. The summed E-state index contributed by atoms with van der Waals surface area (Å²) < 4.78 is 0. The minimum atomic E-state index is -0.971. The second-order valence-electron chi connectivity index (χ2n) is 10.4. The van der Waals surface area contributed by atoms with Gasteiger partial charge in [-0.15, -0.1) is 0 Å². The normalized spacial score (nSPS) is 16.1. The number of benzene rings is 3. The van der Waals surface area contributed by atoms with E-state index in [4.69, 9.17) is 5.11 Å². The van der Waals surface area contributed by atoms with Crippen LogP contribution in [0.2, 0.25) is 0 Å². The number of carbonyl (C=O) groups is 2. The van der Waals surface area contributed by atoms with Crippen molar-refractivity contribution in [2.24, 2.45) is 0 Å². The minimum Gasteiger partial charge on any atom is -0.478 e. The maximum atomic E-state index is 12.9. The van der Waals surface area contributed by atoms with Gasteiger partial charge in [-0.3, -0.25) is 4.79 Å². The van der Waals surface area contributed by atoms with E-state index < -0.39 is 5.97 Å². The molecule has 1 amide bonds. The lowest BCUT2D eigenvalue weighted by Gasteiger charge is -2.42. The number of rotatable bonds is 5. The Morgan fingerprint density at radius 2 is 1.35 bits per heavy atom. The average molecular weight is 454 g/mol. The highest BCUT2D eigenvalue weighted by Gasteiger charge is 2.37. The Hall–Kier alpha value is -3.66. The summed E-state index contributed by atoms with van der Waals surface area (Å²) in [6.07, 6.45) is 4.96. The zero-order valence-electron chi connectivity index (χ0n) is 20.2. The van der Waals surface area contributed by atoms with Gasteiger partial charge >= 0.3 is 5.97 Å². The van der Waals surface area contributed by atoms with Crippen LogP contribution in [0.4, 0.5) is 5.69 Å². The first-order chi connectivity index (χ1) is 16.0. The maximum Gasteiger partial charge on any atom is 0.328 e. The highest BCUT2D eigenvalue weighted by atomic mass is 16.4. The monoisotopic (exact) mass is 453 g/mol. The van der Waals surface area contributed by atoms with Gasteiger partial charge in [0.05, 0.1) is 0 Å². The lowest BCUT2D eigenvalue weighted by molar-refractivity contribution is -0.131. The summed E-state index contributed by atoms with van der Waals surface area (Å²) >= 11 is 0. The standard InChI is InChI=1S/C30H31NO3/c1-29(2)17-18-30(3,4)26-19-24(14-15-25(26)29)31-28(34)23-12-10-22(11-13-23)21-8-5-20(6-9-21)7-16-27(32)33/h5-16,19H,17-18H2,1-4H3,(H,31,34)(H,32,33). The molecule has 0 fully saturated rings. The van der Waals surface area contributed by atoms with E-state index in [9.17, 15) is 9.59 Å². The Labute approximate surface area is 201 Å². The van der Waals surface area contributed by atoms with Crippen LogP contribution in [-0.4, -0.2) is 17.0 Å². The summed E-state index contributed by atoms with van der Waals surface area (Å²) in [6, 6.07) is 21.4. The van der Waals surface area contributed by atoms with Gasteiger partial charge in [-0.2, -0.15) is 0 Å². The third kappa shape index (κ3) is 4.96. The van der Waals surface area contributed by atoms with E-state index in [0.717, 1.165) is 41.3 Å². The topological polar surface area (TPSA) is 66.4 Å². The van der Waals surface area contributed by atoms with Crippen molar-refractivity contribution < 1.29 is 14.7 Å². The van der Waals surface area contributed by atoms with Crippen molar-refractivity contribution in [1.29, 1.82) is 0 Å². The number of nitrogens with one attached hydrogen (secondary N) is 1. The molecule has 0 saturated carbocycles. The molecule has 1 aliphatic carbocycles. The van der Waals surface area contributed by atoms with E-state index in [1.807, 2.05) is 54.6 Å². The number of carbonyl (C=O) groups excluding carboxylic acids is 1. The van der Waals surface area contributed by atoms with E-state index in [-0.39, 0.29) is 16.7 Å². The first kappa shape index (κ1) is 23.5. The quantitative estimate of drug-likeness (QED) is 0.407. The Balaban J connectivity index is 1.49. The molecule has 174 valence electrons. The van der Waals surface area contributed by atoms with Crippen LogP contribution in [0.15, 0.2) is 72.8 Å². The van der Waals surface area contributed by atoms with Gasteiger partial charge < -0.3 is 10.4 Å². The number of amides is 1. The number of fused-ring (bicyclic) bond motifs is 1. The molecule has 0 atom stereocenters. The lowest BCUT2D eigenvalue weighted by atomic mass is 9.63. The first-order valence-electron chi connectivity index (χ1n) is 11.6. The van der Waals surface area contributed by atoms with E-state index in [0.29, 0.717) is 5.56 Å². The van der Waals surface area contributed by atoms with Crippen molar-refractivity contribution >= 4 is 23.6 Å². The lowest BCUT2D eigenvalue weighted by Crippen LogP contribution is -2.33. The molecule has 34 heavy (non-hydrogen) atoms. The van der Waals surface area contributed by atoms with Gasteiger partial charge in [0, 0.05) is 17.3 Å². The molecule has 3 aromatic rings. The number of hydrogen-bond acceptors (Lipinski definition) is 2. The van der Waals surface area contributed by atoms with Crippen LogP contribution < -0.4 is 5.32 Å². The van der Waals surface area contributed by atoms with E-state index in [2.05, 4.69) is 45.1 Å². The summed E-state index contributed by atoms with van der Waals surface area (Å²) in [6.45, 7) is 9.14. The molecule has 0 aromatic heterocycles. The van der Waals surface area contributed by atoms with Crippen molar-refractivity contribution in [3.05, 3.63) is 95.1 Å².